The highest BCUT2D eigenvalue weighted by molar-refractivity contribution is 6.35. The van der Waals surface area contributed by atoms with Crippen molar-refractivity contribution < 1.29 is 9.59 Å². The maximum absolute atomic E-state index is 12.5. The first-order valence-electron chi connectivity index (χ1n) is 10.4. The second-order valence-corrected chi connectivity index (χ2v) is 7.01. The number of pyridine rings is 2. The van der Waals surface area contributed by atoms with Gasteiger partial charge in [-0.1, -0.05) is 60.7 Å². The highest BCUT2D eigenvalue weighted by atomic mass is 16.2. The number of hydrogen-bond donors (Lipinski definition) is 2. The van der Waals surface area contributed by atoms with Gasteiger partial charge >= 0.3 is 11.8 Å². The van der Waals surface area contributed by atoms with Gasteiger partial charge in [0.25, 0.3) is 0 Å². The van der Waals surface area contributed by atoms with Crippen molar-refractivity contribution in [3.05, 3.63) is 132 Å². The lowest BCUT2D eigenvalue weighted by atomic mass is 10.0. The Kier molecular flexibility index (Phi) is 7.22. The number of benzene rings is 2. The summed E-state index contributed by atoms with van der Waals surface area (Å²) in [5.74, 6) is -1.90. The molecule has 0 fully saturated rings. The summed E-state index contributed by atoms with van der Waals surface area (Å²) in [6.45, 7) is 0. The van der Waals surface area contributed by atoms with Gasteiger partial charge in [-0.05, 0) is 24.3 Å². The van der Waals surface area contributed by atoms with E-state index >= 15 is 0 Å². The van der Waals surface area contributed by atoms with E-state index in [1.807, 2.05) is 60.7 Å². The smallest absolute Gasteiger partial charge is 0.265 e. The van der Waals surface area contributed by atoms with E-state index in [0.29, 0.717) is 11.4 Å². The molecule has 0 saturated heterocycles. The van der Waals surface area contributed by atoms with Crippen LogP contribution in [0.15, 0.2) is 120 Å². The molecule has 0 unspecified atom stereocenters. The summed E-state index contributed by atoms with van der Waals surface area (Å²) in [5.41, 5.74) is 8.66. The van der Waals surface area contributed by atoms with Crippen LogP contribution in [0.5, 0.6) is 0 Å². The second-order valence-electron chi connectivity index (χ2n) is 7.01. The number of aromatic nitrogens is 2. The fraction of sp³-hybridized carbons (Fsp3) is 0. The topological polar surface area (TPSA) is 109 Å². The van der Waals surface area contributed by atoms with Crippen LogP contribution in [0.4, 0.5) is 0 Å². The van der Waals surface area contributed by atoms with E-state index in [0.717, 1.165) is 22.3 Å². The first-order valence-corrected chi connectivity index (χ1v) is 10.4. The molecule has 0 radical (unpaired) electrons. The summed E-state index contributed by atoms with van der Waals surface area (Å²) in [7, 11) is 0. The van der Waals surface area contributed by atoms with Gasteiger partial charge in [0.15, 0.2) is 0 Å². The summed E-state index contributed by atoms with van der Waals surface area (Å²) in [5, 5.41) is 8.40. The maximum Gasteiger partial charge on any atom is 0.331 e. The number of amides is 2. The Morgan fingerprint density at radius 1 is 0.500 bits per heavy atom. The maximum atomic E-state index is 12.5. The molecule has 2 amide bonds. The third-order valence-corrected chi connectivity index (χ3v) is 4.75. The van der Waals surface area contributed by atoms with Crippen LogP contribution in [-0.2, 0) is 9.59 Å². The van der Waals surface area contributed by atoms with Crippen molar-refractivity contribution >= 4 is 23.2 Å². The van der Waals surface area contributed by atoms with Gasteiger partial charge in [0.05, 0.1) is 11.4 Å². The molecule has 2 heterocycles. The van der Waals surface area contributed by atoms with Crippen LogP contribution >= 0.6 is 0 Å². The molecule has 8 nitrogen and oxygen atoms in total. The van der Waals surface area contributed by atoms with Crippen molar-refractivity contribution in [2.24, 2.45) is 10.2 Å². The highest BCUT2D eigenvalue weighted by Crippen LogP contribution is 2.11. The molecule has 0 saturated carbocycles. The molecule has 0 spiro atoms. The van der Waals surface area contributed by atoms with Gasteiger partial charge in [0, 0.05) is 47.0 Å². The summed E-state index contributed by atoms with van der Waals surface area (Å²) in [6.07, 6.45) is 6.50. The molecule has 0 aliphatic heterocycles. The highest BCUT2D eigenvalue weighted by Gasteiger charge is 2.15. The molecule has 0 bridgehead atoms. The fourth-order valence-corrected chi connectivity index (χ4v) is 3.12. The molecule has 4 aromatic rings. The zero-order valence-corrected chi connectivity index (χ0v) is 18.0. The minimum absolute atomic E-state index is 0.495. The summed E-state index contributed by atoms with van der Waals surface area (Å²) >= 11 is 0. The normalized spacial score (nSPS) is 11.5. The van der Waals surface area contributed by atoms with Gasteiger partial charge < -0.3 is 0 Å². The SMILES string of the molecule is O=C(N/N=C(\c1ccccc1)c1ccncc1)C(=O)N/N=C(\c1ccccc1)c1ccncc1. The van der Waals surface area contributed by atoms with E-state index in [-0.39, 0.29) is 0 Å². The third kappa shape index (κ3) is 5.63. The molecule has 4 rings (SSSR count). The fourth-order valence-electron chi connectivity index (χ4n) is 3.12. The molecular formula is C26H20N6O2. The summed E-state index contributed by atoms with van der Waals surface area (Å²) in [4.78, 5) is 33.0. The largest absolute Gasteiger partial charge is 0.331 e. The average molecular weight is 448 g/mol. The summed E-state index contributed by atoms with van der Waals surface area (Å²) < 4.78 is 0. The number of rotatable bonds is 6. The number of carbonyl (C=O) groups excluding carboxylic acids is 2. The molecule has 2 aromatic carbocycles. The van der Waals surface area contributed by atoms with E-state index in [1.165, 1.54) is 0 Å². The lowest BCUT2D eigenvalue weighted by molar-refractivity contribution is -0.139. The molecule has 34 heavy (non-hydrogen) atoms. The van der Waals surface area contributed by atoms with Crippen LogP contribution in [0, 0.1) is 0 Å². The third-order valence-electron chi connectivity index (χ3n) is 4.75. The minimum atomic E-state index is -0.951. The molecule has 0 atom stereocenters. The zero-order chi connectivity index (χ0) is 23.6. The Bertz CT molecular complexity index is 1120. The zero-order valence-electron chi connectivity index (χ0n) is 18.0. The van der Waals surface area contributed by atoms with Crippen molar-refractivity contribution in [3.63, 3.8) is 0 Å². The van der Waals surface area contributed by atoms with Gasteiger partial charge in [-0.2, -0.15) is 10.2 Å². The van der Waals surface area contributed by atoms with E-state index in [4.69, 9.17) is 0 Å². The number of hydrogen-bond acceptors (Lipinski definition) is 6. The van der Waals surface area contributed by atoms with E-state index in [2.05, 4.69) is 31.0 Å². The number of carbonyl (C=O) groups is 2. The van der Waals surface area contributed by atoms with Gasteiger partial charge in [-0.3, -0.25) is 19.6 Å². The molecule has 2 aromatic heterocycles. The van der Waals surface area contributed by atoms with Gasteiger partial charge in [0.1, 0.15) is 0 Å². The Morgan fingerprint density at radius 2 is 0.824 bits per heavy atom. The predicted octanol–water partition coefficient (Wildman–Crippen LogP) is 2.91. The van der Waals surface area contributed by atoms with E-state index < -0.39 is 11.8 Å². The Balaban J connectivity index is 1.54. The van der Waals surface area contributed by atoms with Crippen LogP contribution in [0.1, 0.15) is 22.3 Å². The van der Waals surface area contributed by atoms with Gasteiger partial charge in [0.2, 0.25) is 0 Å². The standard InChI is InChI=1S/C26H20N6O2/c33-25(31-29-23(19-7-3-1-4-8-19)21-11-15-27-16-12-21)26(34)32-30-24(20-9-5-2-6-10-20)22-13-17-28-18-14-22/h1-18H,(H,31,33)(H,32,34)/b29-23+,30-24+. The van der Waals surface area contributed by atoms with Gasteiger partial charge in [-0.25, -0.2) is 10.9 Å². The van der Waals surface area contributed by atoms with E-state index in [1.54, 1.807) is 49.1 Å². The first-order chi connectivity index (χ1) is 16.7. The van der Waals surface area contributed by atoms with Gasteiger partial charge in [-0.15, -0.1) is 0 Å². The van der Waals surface area contributed by atoms with E-state index in [9.17, 15) is 9.59 Å². The molecule has 0 aliphatic carbocycles. The van der Waals surface area contributed by atoms with Crippen LogP contribution in [0.2, 0.25) is 0 Å². The lowest BCUT2D eigenvalue weighted by Gasteiger charge is -2.08. The Morgan fingerprint density at radius 3 is 1.18 bits per heavy atom. The molecule has 2 N–H and O–H groups in total. The molecular weight excluding hydrogens is 428 g/mol. The van der Waals surface area contributed by atoms with Crippen molar-refractivity contribution in [2.45, 2.75) is 0 Å². The van der Waals surface area contributed by atoms with Crippen LogP contribution < -0.4 is 10.9 Å². The van der Waals surface area contributed by atoms with Crippen molar-refractivity contribution in [1.29, 1.82) is 0 Å². The minimum Gasteiger partial charge on any atom is -0.265 e. The average Bonchev–Trinajstić information content (AvgIpc) is 2.91. The van der Waals surface area contributed by atoms with Crippen molar-refractivity contribution in [3.8, 4) is 0 Å². The molecule has 166 valence electrons. The number of nitrogens with zero attached hydrogens (tertiary/aromatic N) is 4. The van der Waals surface area contributed by atoms with Crippen LogP contribution in [-0.4, -0.2) is 33.2 Å². The second kappa shape index (κ2) is 11.1. The van der Waals surface area contributed by atoms with Crippen LogP contribution in [0.3, 0.4) is 0 Å². The van der Waals surface area contributed by atoms with Crippen LogP contribution in [0.25, 0.3) is 0 Å². The monoisotopic (exact) mass is 448 g/mol. The molecule has 0 aliphatic rings. The Labute approximate surface area is 196 Å². The van der Waals surface area contributed by atoms with Crippen molar-refractivity contribution in [2.75, 3.05) is 0 Å². The predicted molar refractivity (Wildman–Crippen MR) is 129 cm³/mol. The quantitative estimate of drug-likeness (QED) is 0.269. The van der Waals surface area contributed by atoms with Crippen molar-refractivity contribution in [1.82, 2.24) is 20.8 Å². The number of nitrogens with one attached hydrogen (secondary N) is 2. The first kappa shape index (κ1) is 22.2. The lowest BCUT2D eigenvalue weighted by Crippen LogP contribution is -2.36. The summed E-state index contributed by atoms with van der Waals surface area (Å²) in [6, 6.07) is 25.7. The number of hydrazone groups is 2. The molecule has 8 heteroatoms. The Hall–Kier alpha value is -4.98.